The molecule has 1 aliphatic rings. The highest BCUT2D eigenvalue weighted by Crippen LogP contribution is 2.30. The molecule has 1 fully saturated rings. The highest BCUT2D eigenvalue weighted by Gasteiger charge is 2.30. The Morgan fingerprint density at radius 2 is 2.19 bits per heavy atom. The van der Waals surface area contributed by atoms with Crippen LogP contribution in [-0.2, 0) is 10.2 Å². The largest absolute Gasteiger partial charge is 0.355 e. The van der Waals surface area contributed by atoms with Crippen molar-refractivity contribution in [2.45, 2.75) is 44.6 Å². The van der Waals surface area contributed by atoms with Crippen LogP contribution >= 0.6 is 11.6 Å². The van der Waals surface area contributed by atoms with Gasteiger partial charge in [0.1, 0.15) is 5.82 Å². The minimum Gasteiger partial charge on any atom is -0.355 e. The van der Waals surface area contributed by atoms with E-state index >= 15 is 0 Å². The third-order valence-corrected chi connectivity index (χ3v) is 4.52. The minimum atomic E-state index is -0.360. The molecule has 1 saturated carbocycles. The van der Waals surface area contributed by atoms with Crippen molar-refractivity contribution in [1.82, 2.24) is 5.32 Å². The van der Waals surface area contributed by atoms with E-state index in [2.05, 4.69) is 5.32 Å². The lowest BCUT2D eigenvalue weighted by molar-refractivity contribution is -0.125. The van der Waals surface area contributed by atoms with Crippen molar-refractivity contribution in [2.75, 3.05) is 6.54 Å². The molecule has 0 aliphatic heterocycles. The average Bonchev–Trinajstić information content (AvgIpc) is 2.82. The molecule has 0 spiro atoms. The fourth-order valence-corrected chi connectivity index (χ4v) is 3.26. The van der Waals surface area contributed by atoms with Crippen LogP contribution in [0, 0.1) is 11.7 Å². The molecule has 1 aromatic carbocycles. The fourth-order valence-electron chi connectivity index (χ4n) is 2.84. The number of nitrogens with two attached hydrogens (primary N) is 1. The Morgan fingerprint density at radius 3 is 2.76 bits per heavy atom. The van der Waals surface area contributed by atoms with Crippen LogP contribution in [0.4, 0.5) is 4.39 Å². The molecule has 0 saturated heterocycles. The van der Waals surface area contributed by atoms with Crippen molar-refractivity contribution >= 4 is 17.5 Å². The van der Waals surface area contributed by atoms with Gasteiger partial charge >= 0.3 is 0 Å². The third-order valence-electron chi connectivity index (χ3n) is 4.21. The van der Waals surface area contributed by atoms with Crippen molar-refractivity contribution in [3.8, 4) is 0 Å². The molecule has 2 rings (SSSR count). The molecule has 1 aromatic rings. The first kappa shape index (κ1) is 16.2. The molecule has 0 aromatic heterocycles. The summed E-state index contributed by atoms with van der Waals surface area (Å²) in [5, 5.41) is 3.37. The quantitative estimate of drug-likeness (QED) is 0.898. The average molecular weight is 313 g/mol. The van der Waals surface area contributed by atoms with Crippen molar-refractivity contribution < 1.29 is 9.18 Å². The Hall–Kier alpha value is -1.13. The summed E-state index contributed by atoms with van der Waals surface area (Å²) >= 11 is 6.11. The van der Waals surface area contributed by atoms with Crippen LogP contribution in [0.1, 0.15) is 38.7 Å². The maximum absolute atomic E-state index is 13.1. The molecular formula is C16H22ClFN2O. The third kappa shape index (κ3) is 3.95. The van der Waals surface area contributed by atoms with Gasteiger partial charge in [0.15, 0.2) is 0 Å². The van der Waals surface area contributed by atoms with Gasteiger partial charge in [0.25, 0.3) is 0 Å². The van der Waals surface area contributed by atoms with Crippen LogP contribution in [0.2, 0.25) is 5.02 Å². The van der Waals surface area contributed by atoms with Gasteiger partial charge in [-0.05, 0) is 37.0 Å². The van der Waals surface area contributed by atoms with Gasteiger partial charge in [0, 0.05) is 28.9 Å². The Kier molecular flexibility index (Phi) is 4.89. The number of benzene rings is 1. The second-order valence-electron chi connectivity index (χ2n) is 6.50. The van der Waals surface area contributed by atoms with E-state index in [-0.39, 0.29) is 29.1 Å². The number of nitrogens with one attached hydrogen (secondary N) is 1. The zero-order chi connectivity index (χ0) is 15.6. The summed E-state index contributed by atoms with van der Waals surface area (Å²) in [6.07, 6.45) is 2.51. The molecule has 0 radical (unpaired) electrons. The second-order valence-corrected chi connectivity index (χ2v) is 6.90. The lowest BCUT2D eigenvalue weighted by Crippen LogP contribution is -2.39. The molecule has 5 heteroatoms. The molecule has 2 atom stereocenters. The van der Waals surface area contributed by atoms with Crippen LogP contribution < -0.4 is 11.1 Å². The number of amides is 1. The molecule has 0 heterocycles. The van der Waals surface area contributed by atoms with E-state index in [1.54, 1.807) is 6.07 Å². The second kappa shape index (κ2) is 6.32. The van der Waals surface area contributed by atoms with Gasteiger partial charge in [-0.1, -0.05) is 31.5 Å². The molecule has 1 amide bonds. The number of hydrogen-bond donors (Lipinski definition) is 2. The standard InChI is InChI=1S/C16H22ClFN2O/c1-16(2,13-6-4-11(18)8-14(13)17)9-20-15(21)10-3-5-12(19)7-10/h4,6,8,10,12H,3,5,7,9,19H2,1-2H3,(H,20,21). The minimum absolute atomic E-state index is 0.0134. The van der Waals surface area contributed by atoms with Crippen molar-refractivity contribution in [2.24, 2.45) is 11.7 Å². The van der Waals surface area contributed by atoms with Crippen LogP contribution in [0.15, 0.2) is 18.2 Å². The lowest BCUT2D eigenvalue weighted by Gasteiger charge is -2.27. The van der Waals surface area contributed by atoms with Gasteiger partial charge in [-0.25, -0.2) is 4.39 Å². The van der Waals surface area contributed by atoms with E-state index in [4.69, 9.17) is 17.3 Å². The van der Waals surface area contributed by atoms with Gasteiger partial charge in [-0.15, -0.1) is 0 Å². The molecule has 3 nitrogen and oxygen atoms in total. The summed E-state index contributed by atoms with van der Waals surface area (Å²) in [6, 6.07) is 4.51. The molecule has 2 unspecified atom stereocenters. The van der Waals surface area contributed by atoms with Gasteiger partial charge in [-0.2, -0.15) is 0 Å². The van der Waals surface area contributed by atoms with Crippen LogP contribution in [0.3, 0.4) is 0 Å². The number of carbonyl (C=O) groups excluding carboxylic acids is 1. The lowest BCUT2D eigenvalue weighted by atomic mass is 9.84. The maximum atomic E-state index is 13.1. The Balaban J connectivity index is 1.99. The van der Waals surface area contributed by atoms with E-state index in [9.17, 15) is 9.18 Å². The van der Waals surface area contributed by atoms with E-state index in [0.29, 0.717) is 11.6 Å². The highest BCUT2D eigenvalue weighted by molar-refractivity contribution is 6.31. The molecular weight excluding hydrogens is 291 g/mol. The van der Waals surface area contributed by atoms with Gasteiger partial charge in [-0.3, -0.25) is 4.79 Å². The summed E-state index contributed by atoms with van der Waals surface area (Å²) in [5.41, 5.74) is 6.30. The summed E-state index contributed by atoms with van der Waals surface area (Å²) in [7, 11) is 0. The van der Waals surface area contributed by atoms with Crippen molar-refractivity contribution in [3.05, 3.63) is 34.6 Å². The summed E-state index contributed by atoms with van der Waals surface area (Å²) in [4.78, 5) is 12.1. The van der Waals surface area contributed by atoms with E-state index < -0.39 is 0 Å². The SMILES string of the molecule is CC(C)(CNC(=O)C1CCC(N)C1)c1ccc(F)cc1Cl. The smallest absolute Gasteiger partial charge is 0.223 e. The fraction of sp³-hybridized carbons (Fsp3) is 0.562. The van der Waals surface area contributed by atoms with E-state index in [1.807, 2.05) is 13.8 Å². The number of carbonyl (C=O) groups is 1. The highest BCUT2D eigenvalue weighted by atomic mass is 35.5. The van der Waals surface area contributed by atoms with Crippen molar-refractivity contribution in [3.63, 3.8) is 0 Å². The van der Waals surface area contributed by atoms with Crippen LogP contribution in [0.25, 0.3) is 0 Å². The van der Waals surface area contributed by atoms with Gasteiger partial charge in [0.05, 0.1) is 0 Å². The molecule has 0 bridgehead atoms. The van der Waals surface area contributed by atoms with E-state index in [1.165, 1.54) is 12.1 Å². The summed E-state index contributed by atoms with van der Waals surface area (Å²) in [5.74, 6) is -0.294. The van der Waals surface area contributed by atoms with Crippen LogP contribution in [-0.4, -0.2) is 18.5 Å². The molecule has 3 N–H and O–H groups in total. The number of hydrogen-bond acceptors (Lipinski definition) is 2. The first-order chi connectivity index (χ1) is 9.79. The topological polar surface area (TPSA) is 55.1 Å². The first-order valence-corrected chi connectivity index (χ1v) is 7.66. The predicted molar refractivity (Wildman–Crippen MR) is 82.8 cm³/mol. The maximum Gasteiger partial charge on any atom is 0.223 e. The Labute approximate surface area is 130 Å². The molecule has 1 aliphatic carbocycles. The van der Waals surface area contributed by atoms with E-state index in [0.717, 1.165) is 24.8 Å². The first-order valence-electron chi connectivity index (χ1n) is 7.28. The van der Waals surface area contributed by atoms with Gasteiger partial charge in [0.2, 0.25) is 5.91 Å². The normalized spacial score (nSPS) is 22.3. The predicted octanol–water partition coefficient (Wildman–Crippen LogP) is 3.00. The number of rotatable bonds is 4. The Morgan fingerprint density at radius 1 is 1.48 bits per heavy atom. The Bertz CT molecular complexity index is 533. The van der Waals surface area contributed by atoms with Crippen LogP contribution in [0.5, 0.6) is 0 Å². The number of halogens is 2. The summed E-state index contributed by atoms with van der Waals surface area (Å²) in [6.45, 7) is 4.42. The molecule has 116 valence electrons. The van der Waals surface area contributed by atoms with Crippen molar-refractivity contribution in [1.29, 1.82) is 0 Å². The zero-order valence-electron chi connectivity index (χ0n) is 12.5. The monoisotopic (exact) mass is 312 g/mol. The summed E-state index contributed by atoms with van der Waals surface area (Å²) < 4.78 is 13.1. The zero-order valence-corrected chi connectivity index (χ0v) is 13.2. The van der Waals surface area contributed by atoms with Gasteiger partial charge < -0.3 is 11.1 Å². The molecule has 21 heavy (non-hydrogen) atoms.